The molecule has 1 aliphatic rings. The number of thioether (sulfide) groups is 1. The average Bonchev–Trinajstić information content (AvgIpc) is 3.10. The van der Waals surface area contributed by atoms with Gasteiger partial charge in [0.1, 0.15) is 23.8 Å². The Morgan fingerprint density at radius 3 is 2.66 bits per heavy atom. The van der Waals surface area contributed by atoms with E-state index >= 15 is 0 Å². The van der Waals surface area contributed by atoms with Gasteiger partial charge in [-0.1, -0.05) is 35.9 Å². The second-order valence-corrected chi connectivity index (χ2v) is 9.25. The lowest BCUT2D eigenvalue weighted by Crippen LogP contribution is -2.32. The average molecular weight is 508 g/mol. The van der Waals surface area contributed by atoms with E-state index in [0.717, 1.165) is 33.5 Å². The van der Waals surface area contributed by atoms with Crippen molar-refractivity contribution in [3.05, 3.63) is 87.3 Å². The van der Waals surface area contributed by atoms with Crippen molar-refractivity contribution >= 4 is 52.0 Å². The number of halogens is 1. The van der Waals surface area contributed by atoms with E-state index in [-0.39, 0.29) is 29.0 Å². The van der Waals surface area contributed by atoms with Crippen LogP contribution in [0.25, 0.3) is 6.08 Å². The van der Waals surface area contributed by atoms with Gasteiger partial charge in [-0.15, -0.1) is 5.11 Å². The fourth-order valence-electron chi connectivity index (χ4n) is 3.31. The Morgan fingerprint density at radius 1 is 1.06 bits per heavy atom. The number of hydrogen-bond donors (Lipinski definition) is 1. The van der Waals surface area contributed by atoms with E-state index in [0.29, 0.717) is 22.0 Å². The van der Waals surface area contributed by atoms with Gasteiger partial charge in [-0.3, -0.25) is 14.5 Å². The molecule has 0 aliphatic carbocycles. The number of ether oxygens (including phenoxy) is 1. The molecule has 3 aromatic carbocycles. The van der Waals surface area contributed by atoms with E-state index in [9.17, 15) is 14.7 Å². The van der Waals surface area contributed by atoms with Crippen LogP contribution in [0.2, 0.25) is 5.02 Å². The number of aryl methyl sites for hydroxylation is 2. The first kappa shape index (κ1) is 24.5. The van der Waals surface area contributed by atoms with Gasteiger partial charge in [0.05, 0.1) is 22.2 Å². The van der Waals surface area contributed by atoms with Crippen molar-refractivity contribution in [3.63, 3.8) is 0 Å². The highest BCUT2D eigenvalue weighted by Gasteiger charge is 2.35. The lowest BCUT2D eigenvalue weighted by atomic mass is 10.1. The zero-order chi connectivity index (χ0) is 24.9. The molecular weight excluding hydrogens is 486 g/mol. The second-order valence-electron chi connectivity index (χ2n) is 7.85. The number of phenols is 1. The van der Waals surface area contributed by atoms with Crippen LogP contribution in [0, 0.1) is 13.8 Å². The zero-order valence-corrected chi connectivity index (χ0v) is 20.6. The maximum atomic E-state index is 12.9. The largest absolute Gasteiger partial charge is 0.507 e. The summed E-state index contributed by atoms with van der Waals surface area (Å²) in [6, 6.07) is 17.5. The smallest absolute Gasteiger partial charge is 0.293 e. The van der Waals surface area contributed by atoms with Crippen molar-refractivity contribution in [2.45, 2.75) is 13.8 Å². The van der Waals surface area contributed by atoms with Crippen LogP contribution in [-0.4, -0.2) is 34.3 Å². The molecule has 0 saturated carbocycles. The van der Waals surface area contributed by atoms with E-state index in [1.165, 1.54) is 12.1 Å². The molecule has 35 heavy (non-hydrogen) atoms. The van der Waals surface area contributed by atoms with Crippen LogP contribution < -0.4 is 4.74 Å². The van der Waals surface area contributed by atoms with Crippen LogP contribution in [-0.2, 0) is 4.79 Å². The van der Waals surface area contributed by atoms with Gasteiger partial charge in [-0.25, -0.2) is 0 Å². The summed E-state index contributed by atoms with van der Waals surface area (Å²) in [5, 5.41) is 18.6. The number of imide groups is 1. The van der Waals surface area contributed by atoms with Crippen molar-refractivity contribution in [2.24, 2.45) is 10.2 Å². The molecule has 0 spiro atoms. The maximum Gasteiger partial charge on any atom is 0.293 e. The third-order valence-electron chi connectivity index (χ3n) is 5.21. The first-order valence-corrected chi connectivity index (χ1v) is 12.0. The summed E-state index contributed by atoms with van der Waals surface area (Å²) >= 11 is 6.92. The molecule has 178 valence electrons. The van der Waals surface area contributed by atoms with E-state index in [2.05, 4.69) is 10.2 Å². The van der Waals surface area contributed by atoms with Gasteiger partial charge >= 0.3 is 0 Å². The number of carbonyl (C=O) groups excluding carboxylic acids is 2. The van der Waals surface area contributed by atoms with Crippen molar-refractivity contribution < 1.29 is 19.4 Å². The minimum atomic E-state index is -0.438. The Labute approximate surface area is 212 Å². The summed E-state index contributed by atoms with van der Waals surface area (Å²) in [6.45, 7) is 4.20. The summed E-state index contributed by atoms with van der Waals surface area (Å²) in [6.07, 6.45) is 1.47. The van der Waals surface area contributed by atoms with Crippen molar-refractivity contribution in [1.29, 1.82) is 0 Å². The van der Waals surface area contributed by atoms with Gasteiger partial charge in [-0.05, 0) is 79.2 Å². The van der Waals surface area contributed by atoms with Gasteiger partial charge in [0.2, 0.25) is 0 Å². The normalized spacial score (nSPS) is 14.9. The van der Waals surface area contributed by atoms with Crippen LogP contribution >= 0.6 is 23.4 Å². The summed E-state index contributed by atoms with van der Waals surface area (Å²) in [4.78, 5) is 26.6. The molecule has 3 aromatic rings. The minimum absolute atomic E-state index is 0.0493. The molecule has 1 heterocycles. The SMILES string of the molecule is Cc1ccc(C)c(OCCN2C(=O)S/C(=C\c3cc(N=Nc4ccccc4Cl)ccc3O)C2=O)c1. The fraction of sp³-hybridized carbons (Fsp3) is 0.154. The van der Waals surface area contributed by atoms with Gasteiger partial charge in [0.15, 0.2) is 0 Å². The maximum absolute atomic E-state index is 12.9. The van der Waals surface area contributed by atoms with Crippen LogP contribution in [0.1, 0.15) is 16.7 Å². The number of hydrogen-bond acceptors (Lipinski definition) is 7. The highest BCUT2D eigenvalue weighted by atomic mass is 35.5. The predicted molar refractivity (Wildman–Crippen MR) is 138 cm³/mol. The van der Waals surface area contributed by atoms with Gasteiger partial charge in [-0.2, -0.15) is 5.11 Å². The van der Waals surface area contributed by atoms with Crippen LogP contribution in [0.15, 0.2) is 75.8 Å². The summed E-state index contributed by atoms with van der Waals surface area (Å²) in [5.74, 6) is 0.235. The molecule has 0 radical (unpaired) electrons. The van der Waals surface area contributed by atoms with Crippen LogP contribution in [0.5, 0.6) is 11.5 Å². The quantitative estimate of drug-likeness (QED) is 0.270. The third-order valence-corrected chi connectivity index (χ3v) is 6.44. The topological polar surface area (TPSA) is 91.6 Å². The summed E-state index contributed by atoms with van der Waals surface area (Å²) in [7, 11) is 0. The van der Waals surface area contributed by atoms with Gasteiger partial charge in [0, 0.05) is 5.56 Å². The molecular formula is C26H22ClN3O4S. The Balaban J connectivity index is 1.46. The number of benzene rings is 3. The van der Waals surface area contributed by atoms with Crippen molar-refractivity contribution in [1.82, 2.24) is 4.90 Å². The zero-order valence-electron chi connectivity index (χ0n) is 19.1. The summed E-state index contributed by atoms with van der Waals surface area (Å²) < 4.78 is 5.79. The molecule has 1 saturated heterocycles. The van der Waals surface area contributed by atoms with E-state index in [4.69, 9.17) is 16.3 Å². The predicted octanol–water partition coefficient (Wildman–Crippen LogP) is 7.19. The molecule has 0 aromatic heterocycles. The first-order valence-electron chi connectivity index (χ1n) is 10.8. The van der Waals surface area contributed by atoms with Gasteiger partial charge in [0.25, 0.3) is 11.1 Å². The van der Waals surface area contributed by atoms with Crippen molar-refractivity contribution in [3.8, 4) is 11.5 Å². The van der Waals surface area contributed by atoms with Crippen molar-refractivity contribution in [2.75, 3.05) is 13.2 Å². The fourth-order valence-corrected chi connectivity index (χ4v) is 4.34. The summed E-state index contributed by atoms with van der Waals surface area (Å²) in [5.41, 5.74) is 3.35. The van der Waals surface area contributed by atoms with E-state index in [1.54, 1.807) is 36.4 Å². The lowest BCUT2D eigenvalue weighted by Gasteiger charge is -2.14. The first-order chi connectivity index (χ1) is 16.8. The Bertz CT molecular complexity index is 1360. The molecule has 1 aliphatic heterocycles. The number of carbonyl (C=O) groups is 2. The Morgan fingerprint density at radius 2 is 1.86 bits per heavy atom. The van der Waals surface area contributed by atoms with E-state index in [1.807, 2.05) is 32.0 Å². The molecule has 2 amide bonds. The van der Waals surface area contributed by atoms with Gasteiger partial charge < -0.3 is 9.84 Å². The number of amides is 2. The molecule has 0 unspecified atom stereocenters. The number of phenolic OH excluding ortho intramolecular Hbond substituents is 1. The number of aromatic hydroxyl groups is 1. The van der Waals surface area contributed by atoms with Crippen LogP contribution in [0.3, 0.4) is 0 Å². The Kier molecular flexibility index (Phi) is 7.53. The Hall–Kier alpha value is -3.62. The molecule has 1 N–H and O–H groups in total. The molecule has 7 nitrogen and oxygen atoms in total. The second kappa shape index (κ2) is 10.8. The highest BCUT2D eigenvalue weighted by Crippen LogP contribution is 2.35. The monoisotopic (exact) mass is 507 g/mol. The number of rotatable bonds is 7. The molecule has 0 bridgehead atoms. The standard InChI is InChI=1S/C26H22ClN3O4S/c1-16-7-8-17(2)23(13-16)34-12-11-30-25(32)24(35-26(30)33)15-18-14-19(9-10-22(18)31)28-29-21-6-4-3-5-20(21)27/h3-10,13-15,31H,11-12H2,1-2H3/b24-15-,29-28?. The molecule has 4 rings (SSSR count). The van der Waals surface area contributed by atoms with Crippen LogP contribution in [0.4, 0.5) is 16.2 Å². The number of azo groups is 1. The molecule has 1 fully saturated rings. The molecule has 9 heteroatoms. The lowest BCUT2D eigenvalue weighted by molar-refractivity contribution is -0.123. The third kappa shape index (κ3) is 5.90. The van der Waals surface area contributed by atoms with E-state index < -0.39 is 5.91 Å². The number of nitrogens with zero attached hydrogens (tertiary/aromatic N) is 3. The minimum Gasteiger partial charge on any atom is -0.507 e. The molecule has 0 atom stereocenters. The highest BCUT2D eigenvalue weighted by molar-refractivity contribution is 8.18.